The molecule has 3 rings (SSSR count). The number of ether oxygens (including phenoxy) is 1. The van der Waals surface area contributed by atoms with Crippen LogP contribution >= 0.6 is 11.3 Å². The van der Waals surface area contributed by atoms with Gasteiger partial charge in [0.1, 0.15) is 0 Å². The minimum atomic E-state index is -0.260. The fourth-order valence-corrected chi connectivity index (χ4v) is 3.60. The van der Waals surface area contributed by atoms with Crippen LogP contribution in [0.5, 0.6) is 0 Å². The van der Waals surface area contributed by atoms with E-state index in [1.165, 1.54) is 42.8 Å². The molecule has 2 aromatic rings. The predicted octanol–water partition coefficient (Wildman–Crippen LogP) is 3.29. The second-order valence-corrected chi connectivity index (χ2v) is 7.04. The molecule has 1 aromatic heterocycles. The number of hydrogen-bond acceptors (Lipinski definition) is 7. The van der Waals surface area contributed by atoms with Crippen LogP contribution in [0.4, 0.5) is 5.13 Å². The molecule has 0 spiro atoms. The van der Waals surface area contributed by atoms with E-state index in [2.05, 4.69) is 38.6 Å². The molecule has 1 aliphatic rings. The first-order valence-electron chi connectivity index (χ1n) is 8.94. The number of hydrazone groups is 1. The van der Waals surface area contributed by atoms with Crippen LogP contribution in [-0.2, 0) is 22.5 Å². The van der Waals surface area contributed by atoms with E-state index >= 15 is 0 Å². The normalized spacial score (nSPS) is 14.8. The van der Waals surface area contributed by atoms with E-state index in [4.69, 9.17) is 4.74 Å². The van der Waals surface area contributed by atoms with Crippen LogP contribution in [0.25, 0.3) is 0 Å². The lowest BCUT2D eigenvalue weighted by molar-refractivity contribution is -0.142. The number of carbonyl (C=O) groups excluding carboxylic acids is 1. The SMILES string of the molecule is CCOC(=O)Cc1csc(NN=Cc2ccccc2CN2CCCC2)n1. The molecule has 6 nitrogen and oxygen atoms in total. The second-order valence-electron chi connectivity index (χ2n) is 6.18. The summed E-state index contributed by atoms with van der Waals surface area (Å²) in [5.74, 6) is -0.260. The Morgan fingerprint density at radius 1 is 1.38 bits per heavy atom. The third-order valence-electron chi connectivity index (χ3n) is 4.19. The fraction of sp³-hybridized carbons (Fsp3) is 0.421. The smallest absolute Gasteiger partial charge is 0.311 e. The number of rotatable bonds is 8. The molecule has 1 aliphatic heterocycles. The molecule has 0 bridgehead atoms. The van der Waals surface area contributed by atoms with E-state index in [0.29, 0.717) is 17.4 Å². The summed E-state index contributed by atoms with van der Waals surface area (Å²) in [5, 5.41) is 6.82. The van der Waals surface area contributed by atoms with Crippen LogP contribution in [0.1, 0.15) is 36.6 Å². The number of hydrogen-bond donors (Lipinski definition) is 1. The van der Waals surface area contributed by atoms with Gasteiger partial charge in [0.15, 0.2) is 0 Å². The molecular weight excluding hydrogens is 348 g/mol. The Morgan fingerprint density at radius 2 is 2.19 bits per heavy atom. The Bertz CT molecular complexity index is 754. The number of nitrogens with one attached hydrogen (secondary N) is 1. The first-order valence-corrected chi connectivity index (χ1v) is 9.82. The van der Waals surface area contributed by atoms with Crippen molar-refractivity contribution in [1.29, 1.82) is 0 Å². The summed E-state index contributed by atoms with van der Waals surface area (Å²) in [6.07, 6.45) is 4.60. The molecule has 0 radical (unpaired) electrons. The van der Waals surface area contributed by atoms with Crippen LogP contribution < -0.4 is 5.43 Å². The summed E-state index contributed by atoms with van der Waals surface area (Å²) in [5.41, 5.74) is 6.03. The highest BCUT2D eigenvalue weighted by atomic mass is 32.1. The highest BCUT2D eigenvalue weighted by molar-refractivity contribution is 7.13. The first-order chi connectivity index (χ1) is 12.7. The molecule has 1 N–H and O–H groups in total. The molecule has 1 fully saturated rings. The van der Waals surface area contributed by atoms with E-state index in [-0.39, 0.29) is 12.4 Å². The number of nitrogens with zero attached hydrogens (tertiary/aromatic N) is 3. The van der Waals surface area contributed by atoms with Crippen molar-refractivity contribution < 1.29 is 9.53 Å². The Hall–Kier alpha value is -2.25. The number of thiazole rings is 1. The van der Waals surface area contributed by atoms with Crippen molar-refractivity contribution in [2.75, 3.05) is 25.1 Å². The maximum absolute atomic E-state index is 11.5. The molecule has 26 heavy (non-hydrogen) atoms. The predicted molar refractivity (Wildman–Crippen MR) is 105 cm³/mol. The Morgan fingerprint density at radius 3 is 3.00 bits per heavy atom. The van der Waals surface area contributed by atoms with Gasteiger partial charge in [0.05, 0.1) is 24.9 Å². The lowest BCUT2D eigenvalue weighted by Gasteiger charge is -2.15. The molecule has 0 saturated carbocycles. The zero-order valence-electron chi connectivity index (χ0n) is 15.0. The van der Waals surface area contributed by atoms with Gasteiger partial charge in [0.2, 0.25) is 5.13 Å². The Balaban J connectivity index is 1.57. The molecule has 0 amide bonds. The zero-order chi connectivity index (χ0) is 18.2. The van der Waals surface area contributed by atoms with Gasteiger partial charge in [0.25, 0.3) is 0 Å². The van der Waals surface area contributed by atoms with Crippen molar-refractivity contribution in [3.63, 3.8) is 0 Å². The van der Waals surface area contributed by atoms with E-state index in [1.807, 2.05) is 17.7 Å². The standard InChI is InChI=1S/C19H24N4O2S/c1-2-25-18(24)11-17-14-26-19(21-17)22-20-12-15-7-3-4-8-16(15)13-23-9-5-6-10-23/h3-4,7-8,12,14H,2,5-6,9-11,13H2,1H3,(H,21,22). The second kappa shape index (κ2) is 9.45. The molecule has 0 aliphatic carbocycles. The zero-order valence-corrected chi connectivity index (χ0v) is 15.8. The molecule has 0 unspecified atom stereocenters. The summed E-state index contributed by atoms with van der Waals surface area (Å²) in [6, 6.07) is 8.32. The van der Waals surface area contributed by atoms with Crippen LogP contribution in [0.15, 0.2) is 34.7 Å². The van der Waals surface area contributed by atoms with E-state index < -0.39 is 0 Å². The third kappa shape index (κ3) is 5.37. The van der Waals surface area contributed by atoms with Crippen molar-refractivity contribution in [2.24, 2.45) is 5.10 Å². The molecule has 1 saturated heterocycles. The number of likely N-dealkylation sites (tertiary alicyclic amines) is 1. The summed E-state index contributed by atoms with van der Waals surface area (Å²) in [7, 11) is 0. The molecular formula is C19H24N4O2S. The van der Waals surface area contributed by atoms with Gasteiger partial charge in [-0.3, -0.25) is 15.1 Å². The average Bonchev–Trinajstić information content (AvgIpc) is 3.29. The number of esters is 1. The summed E-state index contributed by atoms with van der Waals surface area (Å²) in [6.45, 7) is 5.48. The fourth-order valence-electron chi connectivity index (χ4n) is 2.94. The number of carbonyl (C=O) groups is 1. The van der Waals surface area contributed by atoms with Gasteiger partial charge in [0, 0.05) is 11.9 Å². The number of anilines is 1. The van der Waals surface area contributed by atoms with Crippen molar-refractivity contribution in [3.8, 4) is 0 Å². The minimum Gasteiger partial charge on any atom is -0.466 e. The van der Waals surface area contributed by atoms with Crippen molar-refractivity contribution in [1.82, 2.24) is 9.88 Å². The monoisotopic (exact) mass is 372 g/mol. The van der Waals surface area contributed by atoms with E-state index in [1.54, 1.807) is 6.92 Å². The van der Waals surface area contributed by atoms with Gasteiger partial charge >= 0.3 is 5.97 Å². The van der Waals surface area contributed by atoms with Gasteiger partial charge in [-0.2, -0.15) is 5.10 Å². The summed E-state index contributed by atoms with van der Waals surface area (Å²) in [4.78, 5) is 18.3. The lowest BCUT2D eigenvalue weighted by Crippen LogP contribution is -2.19. The highest BCUT2D eigenvalue weighted by Gasteiger charge is 2.13. The molecule has 2 heterocycles. The maximum atomic E-state index is 11.5. The van der Waals surface area contributed by atoms with Gasteiger partial charge < -0.3 is 4.74 Å². The average molecular weight is 372 g/mol. The van der Waals surface area contributed by atoms with Gasteiger partial charge in [-0.05, 0) is 44.0 Å². The van der Waals surface area contributed by atoms with Gasteiger partial charge in [-0.25, -0.2) is 4.98 Å². The third-order valence-corrected chi connectivity index (χ3v) is 4.99. The van der Waals surface area contributed by atoms with Gasteiger partial charge in [-0.1, -0.05) is 24.3 Å². The lowest BCUT2D eigenvalue weighted by atomic mass is 10.1. The Kier molecular flexibility index (Phi) is 6.74. The van der Waals surface area contributed by atoms with Crippen molar-refractivity contribution in [2.45, 2.75) is 32.7 Å². The topological polar surface area (TPSA) is 66.8 Å². The summed E-state index contributed by atoms with van der Waals surface area (Å²) >= 11 is 1.42. The van der Waals surface area contributed by atoms with Crippen molar-refractivity contribution in [3.05, 3.63) is 46.5 Å². The van der Waals surface area contributed by atoms with Crippen LogP contribution in [-0.4, -0.2) is 41.8 Å². The van der Waals surface area contributed by atoms with E-state index in [0.717, 1.165) is 12.1 Å². The van der Waals surface area contributed by atoms with Crippen LogP contribution in [0.2, 0.25) is 0 Å². The highest BCUT2D eigenvalue weighted by Crippen LogP contribution is 2.17. The first kappa shape index (κ1) is 18.5. The maximum Gasteiger partial charge on any atom is 0.311 e. The molecule has 138 valence electrons. The summed E-state index contributed by atoms with van der Waals surface area (Å²) < 4.78 is 4.93. The molecule has 7 heteroatoms. The molecule has 0 atom stereocenters. The van der Waals surface area contributed by atoms with Gasteiger partial charge in [-0.15, -0.1) is 11.3 Å². The largest absolute Gasteiger partial charge is 0.466 e. The number of benzene rings is 1. The minimum absolute atomic E-state index is 0.189. The Labute approximate surface area is 157 Å². The van der Waals surface area contributed by atoms with Crippen LogP contribution in [0, 0.1) is 0 Å². The molecule has 1 aromatic carbocycles. The van der Waals surface area contributed by atoms with Crippen molar-refractivity contribution >= 4 is 28.7 Å². The quantitative estimate of drug-likeness (QED) is 0.438. The van der Waals surface area contributed by atoms with Crippen LogP contribution in [0.3, 0.4) is 0 Å². The van der Waals surface area contributed by atoms with E-state index in [9.17, 15) is 4.79 Å². The number of aromatic nitrogens is 1.